The second kappa shape index (κ2) is 10.3. The largest absolute Gasteiger partial charge is 0.493 e. The lowest BCUT2D eigenvalue weighted by Crippen LogP contribution is -2.33. The van der Waals surface area contributed by atoms with E-state index in [1.165, 1.54) is 12.4 Å². The second-order valence-electron chi connectivity index (χ2n) is 8.46. The fourth-order valence-corrected chi connectivity index (χ4v) is 3.05. The van der Waals surface area contributed by atoms with Crippen LogP contribution in [0.1, 0.15) is 32.8 Å². The molecule has 0 unspecified atom stereocenters. The highest BCUT2D eigenvalue weighted by molar-refractivity contribution is 5.93. The number of nitrogens with zero attached hydrogens (tertiary/aromatic N) is 2. The normalized spacial score (nSPS) is 11.2. The number of amides is 1. The maximum atomic E-state index is 13.6. The number of methoxy groups -OCH3 is 1. The van der Waals surface area contributed by atoms with E-state index in [0.29, 0.717) is 53.7 Å². The molecule has 0 aliphatic heterocycles. The van der Waals surface area contributed by atoms with Crippen molar-refractivity contribution in [3.05, 3.63) is 48.0 Å². The Bertz CT molecular complexity index is 1130. The van der Waals surface area contributed by atoms with Gasteiger partial charge in [-0.2, -0.15) is 0 Å². The Balaban J connectivity index is 1.70. The van der Waals surface area contributed by atoms with Crippen LogP contribution >= 0.6 is 0 Å². The molecule has 2 N–H and O–H groups in total. The zero-order chi connectivity index (χ0) is 24.0. The van der Waals surface area contributed by atoms with Crippen molar-refractivity contribution in [1.82, 2.24) is 15.3 Å². The van der Waals surface area contributed by atoms with Crippen molar-refractivity contribution in [2.75, 3.05) is 25.6 Å². The third-order valence-corrected chi connectivity index (χ3v) is 4.59. The number of hydrogen-bond acceptors (Lipinski definition) is 7. The number of carbonyl (C=O) groups excluding carboxylic acids is 1. The van der Waals surface area contributed by atoms with Crippen LogP contribution in [0.2, 0.25) is 0 Å². The SMILES string of the molecule is COc1cc2ncnc(Nc3ccc(F)c(C)c3)c2cc1OCCCNC(=O)OC(C)(C)C. The Hall–Kier alpha value is -3.62. The number of fused-ring (bicyclic) bond motifs is 1. The summed E-state index contributed by atoms with van der Waals surface area (Å²) in [6.07, 6.45) is 1.56. The number of benzene rings is 2. The van der Waals surface area contributed by atoms with Gasteiger partial charge in [0.05, 0.1) is 19.2 Å². The summed E-state index contributed by atoms with van der Waals surface area (Å²) in [5.74, 6) is 1.35. The van der Waals surface area contributed by atoms with Crippen LogP contribution in [0.25, 0.3) is 10.9 Å². The zero-order valence-electron chi connectivity index (χ0n) is 19.5. The molecule has 2 aromatic carbocycles. The lowest BCUT2D eigenvalue weighted by molar-refractivity contribution is 0.0525. The molecule has 0 aliphatic carbocycles. The number of anilines is 2. The fraction of sp³-hybridized carbons (Fsp3) is 0.375. The van der Waals surface area contributed by atoms with Crippen LogP contribution in [-0.4, -0.2) is 41.9 Å². The standard InChI is InChI=1S/C24H29FN4O4/c1-15-11-16(7-8-18(15)25)29-22-17-12-21(20(31-5)13-19(17)27-14-28-22)32-10-6-9-26-23(30)33-24(2,3)4/h7-8,11-14H,6,9-10H2,1-5H3,(H,26,30)(H,27,28,29). The minimum Gasteiger partial charge on any atom is -0.493 e. The highest BCUT2D eigenvalue weighted by Crippen LogP contribution is 2.35. The number of aryl methyl sites for hydroxylation is 1. The first-order valence-corrected chi connectivity index (χ1v) is 10.6. The van der Waals surface area contributed by atoms with Gasteiger partial charge in [-0.1, -0.05) is 0 Å². The summed E-state index contributed by atoms with van der Waals surface area (Å²) >= 11 is 0. The molecule has 0 aliphatic rings. The second-order valence-corrected chi connectivity index (χ2v) is 8.46. The quantitative estimate of drug-likeness (QED) is 0.454. The monoisotopic (exact) mass is 456 g/mol. The average molecular weight is 457 g/mol. The van der Waals surface area contributed by atoms with Gasteiger partial charge in [-0.25, -0.2) is 19.2 Å². The third kappa shape index (κ3) is 6.68. The van der Waals surface area contributed by atoms with Gasteiger partial charge in [0.15, 0.2) is 11.5 Å². The molecule has 33 heavy (non-hydrogen) atoms. The molecule has 3 aromatic rings. The van der Waals surface area contributed by atoms with Crippen molar-refractivity contribution in [3.8, 4) is 11.5 Å². The van der Waals surface area contributed by atoms with E-state index in [1.54, 1.807) is 38.3 Å². The van der Waals surface area contributed by atoms with E-state index >= 15 is 0 Å². The molecule has 0 saturated heterocycles. The van der Waals surface area contributed by atoms with Crippen LogP contribution in [-0.2, 0) is 4.74 Å². The number of rotatable bonds is 8. The predicted octanol–water partition coefficient (Wildman–Crippen LogP) is 5.12. The molecule has 8 nitrogen and oxygen atoms in total. The van der Waals surface area contributed by atoms with Gasteiger partial charge in [0, 0.05) is 23.7 Å². The van der Waals surface area contributed by atoms with E-state index in [9.17, 15) is 9.18 Å². The molecule has 0 fully saturated rings. The highest BCUT2D eigenvalue weighted by Gasteiger charge is 2.16. The maximum Gasteiger partial charge on any atom is 0.407 e. The van der Waals surface area contributed by atoms with Gasteiger partial charge in [-0.3, -0.25) is 0 Å². The molecule has 0 atom stereocenters. The molecule has 1 aromatic heterocycles. The van der Waals surface area contributed by atoms with E-state index < -0.39 is 11.7 Å². The van der Waals surface area contributed by atoms with Crippen molar-refractivity contribution in [2.24, 2.45) is 0 Å². The van der Waals surface area contributed by atoms with Crippen molar-refractivity contribution < 1.29 is 23.4 Å². The molecule has 176 valence electrons. The number of halogens is 1. The summed E-state index contributed by atoms with van der Waals surface area (Å²) in [6, 6.07) is 8.33. The van der Waals surface area contributed by atoms with Crippen LogP contribution in [0.5, 0.6) is 11.5 Å². The van der Waals surface area contributed by atoms with Crippen LogP contribution in [0.4, 0.5) is 20.7 Å². The van der Waals surface area contributed by atoms with Crippen LogP contribution in [0.3, 0.4) is 0 Å². The van der Waals surface area contributed by atoms with Gasteiger partial charge in [-0.05, 0) is 63.9 Å². The van der Waals surface area contributed by atoms with E-state index in [4.69, 9.17) is 14.2 Å². The summed E-state index contributed by atoms with van der Waals surface area (Å²) in [4.78, 5) is 20.4. The predicted molar refractivity (Wildman–Crippen MR) is 125 cm³/mol. The van der Waals surface area contributed by atoms with Crippen molar-refractivity contribution in [3.63, 3.8) is 0 Å². The molecule has 0 spiro atoms. The number of ether oxygens (including phenoxy) is 3. The Morgan fingerprint density at radius 1 is 1.12 bits per heavy atom. The Morgan fingerprint density at radius 2 is 1.91 bits per heavy atom. The lowest BCUT2D eigenvalue weighted by atomic mass is 10.2. The molecular formula is C24H29FN4O4. The van der Waals surface area contributed by atoms with E-state index in [1.807, 2.05) is 20.8 Å². The Morgan fingerprint density at radius 3 is 2.61 bits per heavy atom. The summed E-state index contributed by atoms with van der Waals surface area (Å²) in [5.41, 5.74) is 1.37. The minimum atomic E-state index is -0.542. The number of alkyl carbamates (subject to hydrolysis) is 1. The molecule has 0 bridgehead atoms. The van der Waals surface area contributed by atoms with E-state index in [0.717, 1.165) is 5.39 Å². The Labute approximate surface area is 192 Å². The average Bonchev–Trinajstić information content (AvgIpc) is 2.74. The van der Waals surface area contributed by atoms with Gasteiger partial charge < -0.3 is 24.8 Å². The molecule has 1 amide bonds. The third-order valence-electron chi connectivity index (χ3n) is 4.59. The van der Waals surface area contributed by atoms with Gasteiger partial charge in [-0.15, -0.1) is 0 Å². The van der Waals surface area contributed by atoms with Crippen LogP contribution in [0.15, 0.2) is 36.7 Å². The van der Waals surface area contributed by atoms with Crippen molar-refractivity contribution >= 4 is 28.5 Å². The molecule has 0 radical (unpaired) electrons. The molecule has 0 saturated carbocycles. The molecule has 3 rings (SSSR count). The summed E-state index contributed by atoms with van der Waals surface area (Å²) in [7, 11) is 1.56. The van der Waals surface area contributed by atoms with Gasteiger partial charge >= 0.3 is 6.09 Å². The van der Waals surface area contributed by atoms with E-state index in [-0.39, 0.29) is 5.82 Å². The number of carbonyl (C=O) groups is 1. The number of aromatic nitrogens is 2. The van der Waals surface area contributed by atoms with Crippen molar-refractivity contribution in [2.45, 2.75) is 39.7 Å². The summed E-state index contributed by atoms with van der Waals surface area (Å²) < 4.78 is 30.2. The van der Waals surface area contributed by atoms with Gasteiger partial charge in [0.1, 0.15) is 23.6 Å². The van der Waals surface area contributed by atoms with Crippen molar-refractivity contribution in [1.29, 1.82) is 0 Å². The van der Waals surface area contributed by atoms with Crippen LogP contribution in [0, 0.1) is 12.7 Å². The molecule has 1 heterocycles. The lowest BCUT2D eigenvalue weighted by Gasteiger charge is -2.19. The number of hydrogen-bond donors (Lipinski definition) is 2. The Kier molecular flexibility index (Phi) is 7.52. The smallest absolute Gasteiger partial charge is 0.407 e. The zero-order valence-corrected chi connectivity index (χ0v) is 19.5. The number of nitrogens with one attached hydrogen (secondary N) is 2. The summed E-state index contributed by atoms with van der Waals surface area (Å²) in [5, 5.41) is 6.64. The van der Waals surface area contributed by atoms with E-state index in [2.05, 4.69) is 20.6 Å². The topological polar surface area (TPSA) is 94.6 Å². The highest BCUT2D eigenvalue weighted by atomic mass is 19.1. The maximum absolute atomic E-state index is 13.6. The first kappa shape index (κ1) is 24.0. The molecule has 9 heteroatoms. The summed E-state index contributed by atoms with van der Waals surface area (Å²) in [6.45, 7) is 7.90. The molecular weight excluding hydrogens is 427 g/mol. The van der Waals surface area contributed by atoms with Crippen LogP contribution < -0.4 is 20.1 Å². The van der Waals surface area contributed by atoms with Gasteiger partial charge in [0.2, 0.25) is 0 Å². The fourth-order valence-electron chi connectivity index (χ4n) is 3.05. The first-order chi connectivity index (χ1) is 15.7. The minimum absolute atomic E-state index is 0.269. The van der Waals surface area contributed by atoms with Gasteiger partial charge in [0.25, 0.3) is 0 Å². The first-order valence-electron chi connectivity index (χ1n) is 10.6.